The summed E-state index contributed by atoms with van der Waals surface area (Å²) in [4.78, 5) is 23.7. The minimum atomic E-state index is -2.96. The second-order valence-corrected chi connectivity index (χ2v) is 6.26. The summed E-state index contributed by atoms with van der Waals surface area (Å²) >= 11 is 0. The summed E-state index contributed by atoms with van der Waals surface area (Å²) in [5, 5.41) is 8.21. The summed E-state index contributed by atoms with van der Waals surface area (Å²) in [5.41, 5.74) is 0.195. The van der Waals surface area contributed by atoms with E-state index >= 15 is 0 Å². The van der Waals surface area contributed by atoms with Crippen molar-refractivity contribution < 1.29 is 23.1 Å². The number of anilines is 1. The molecule has 2 rings (SSSR count). The normalized spacial score (nSPS) is 14.7. The summed E-state index contributed by atoms with van der Waals surface area (Å²) in [7, 11) is 0. The van der Waals surface area contributed by atoms with E-state index in [1.165, 1.54) is 18.6 Å². The fraction of sp³-hybridized carbons (Fsp3) is 0.556. The maximum Gasteiger partial charge on any atom is 0.387 e. The molecule has 0 bridgehead atoms. The lowest BCUT2D eigenvalue weighted by molar-refractivity contribution is -0.116. The van der Waals surface area contributed by atoms with Crippen molar-refractivity contribution in [3.63, 3.8) is 0 Å². The molecule has 0 unspecified atom stereocenters. The predicted molar refractivity (Wildman–Crippen MR) is 94.3 cm³/mol. The van der Waals surface area contributed by atoms with Gasteiger partial charge in [-0.25, -0.2) is 4.79 Å². The first kappa shape index (κ1) is 19.9. The Kier molecular flexibility index (Phi) is 8.11. The van der Waals surface area contributed by atoms with Gasteiger partial charge in [0.05, 0.1) is 5.69 Å². The van der Waals surface area contributed by atoms with Gasteiger partial charge in [0.15, 0.2) is 0 Å². The molecular weight excluding hydrogens is 344 g/mol. The number of halogens is 2. The Morgan fingerprint density at radius 3 is 2.62 bits per heavy atom. The van der Waals surface area contributed by atoms with E-state index in [1.807, 2.05) is 0 Å². The zero-order valence-electron chi connectivity index (χ0n) is 14.6. The number of urea groups is 1. The van der Waals surface area contributed by atoms with Crippen molar-refractivity contribution >= 4 is 17.6 Å². The molecule has 1 aromatic rings. The molecule has 1 fully saturated rings. The molecule has 0 saturated heterocycles. The molecule has 6 nitrogen and oxygen atoms in total. The molecule has 3 amide bonds. The number of carbonyl (C=O) groups excluding carboxylic acids is 2. The van der Waals surface area contributed by atoms with E-state index in [2.05, 4.69) is 20.7 Å². The molecule has 1 aromatic carbocycles. The van der Waals surface area contributed by atoms with Crippen molar-refractivity contribution in [2.24, 2.45) is 0 Å². The highest BCUT2D eigenvalue weighted by Gasteiger charge is 2.15. The summed E-state index contributed by atoms with van der Waals surface area (Å²) in [6, 6.07) is 6.03. The van der Waals surface area contributed by atoms with Crippen molar-refractivity contribution in [3.8, 4) is 5.75 Å². The standard InChI is InChI=1S/C18H25F2N3O3/c19-17(20)26-15-10-5-4-9-14(15)23-16(24)11-6-12-21-18(25)22-13-7-2-1-3-8-13/h4-5,9-10,13,17H,1-3,6-8,11-12H2,(H,23,24)(H2,21,22,25). The second-order valence-electron chi connectivity index (χ2n) is 6.26. The van der Waals surface area contributed by atoms with Crippen LogP contribution in [-0.4, -0.2) is 31.1 Å². The number of ether oxygens (including phenoxy) is 1. The Morgan fingerprint density at radius 2 is 1.88 bits per heavy atom. The molecule has 0 spiro atoms. The Morgan fingerprint density at radius 1 is 1.15 bits per heavy atom. The summed E-state index contributed by atoms with van der Waals surface area (Å²) < 4.78 is 29.1. The fourth-order valence-electron chi connectivity index (χ4n) is 2.92. The summed E-state index contributed by atoms with van der Waals surface area (Å²) in [6.45, 7) is -2.60. The number of hydrogen-bond acceptors (Lipinski definition) is 3. The molecule has 1 aliphatic carbocycles. The second kappa shape index (κ2) is 10.6. The van der Waals surface area contributed by atoms with Crippen molar-refractivity contribution in [2.45, 2.75) is 57.6 Å². The molecule has 1 saturated carbocycles. The molecular formula is C18H25F2N3O3. The number of hydrogen-bond donors (Lipinski definition) is 3. The number of alkyl halides is 2. The van der Waals surface area contributed by atoms with E-state index in [0.29, 0.717) is 13.0 Å². The lowest BCUT2D eigenvalue weighted by atomic mass is 9.96. The number of para-hydroxylation sites is 2. The minimum absolute atomic E-state index is 0.0826. The topological polar surface area (TPSA) is 79.5 Å². The first-order valence-electron chi connectivity index (χ1n) is 8.92. The molecule has 144 valence electrons. The van der Waals surface area contributed by atoms with Crippen LogP contribution in [0.2, 0.25) is 0 Å². The van der Waals surface area contributed by atoms with Crippen LogP contribution >= 0.6 is 0 Å². The maximum atomic E-state index is 12.3. The van der Waals surface area contributed by atoms with Crippen LogP contribution < -0.4 is 20.7 Å². The highest BCUT2D eigenvalue weighted by atomic mass is 19.3. The summed E-state index contributed by atoms with van der Waals surface area (Å²) in [5.74, 6) is -0.411. The van der Waals surface area contributed by atoms with Crippen molar-refractivity contribution in [2.75, 3.05) is 11.9 Å². The highest BCUT2D eigenvalue weighted by Crippen LogP contribution is 2.25. The first-order valence-corrected chi connectivity index (χ1v) is 8.92. The third-order valence-corrected chi connectivity index (χ3v) is 4.18. The van der Waals surface area contributed by atoms with E-state index in [0.717, 1.165) is 25.7 Å². The van der Waals surface area contributed by atoms with Crippen LogP contribution in [0.25, 0.3) is 0 Å². The SMILES string of the molecule is O=C(CCCNC(=O)NC1CCCCC1)Nc1ccccc1OC(F)F. The Labute approximate surface area is 151 Å². The third-order valence-electron chi connectivity index (χ3n) is 4.18. The van der Waals surface area contributed by atoms with Gasteiger partial charge in [-0.2, -0.15) is 8.78 Å². The van der Waals surface area contributed by atoms with Crippen molar-refractivity contribution in [3.05, 3.63) is 24.3 Å². The van der Waals surface area contributed by atoms with Gasteiger partial charge >= 0.3 is 12.6 Å². The monoisotopic (exact) mass is 369 g/mol. The number of benzene rings is 1. The van der Waals surface area contributed by atoms with Gasteiger partial charge in [-0.3, -0.25) is 4.79 Å². The van der Waals surface area contributed by atoms with E-state index in [-0.39, 0.29) is 35.8 Å². The smallest absolute Gasteiger partial charge is 0.387 e. The number of nitrogens with one attached hydrogen (secondary N) is 3. The van der Waals surface area contributed by atoms with Gasteiger partial charge in [-0.05, 0) is 31.4 Å². The number of rotatable bonds is 8. The van der Waals surface area contributed by atoms with E-state index in [9.17, 15) is 18.4 Å². The molecule has 0 aromatic heterocycles. The van der Waals surface area contributed by atoms with Crippen LogP contribution in [-0.2, 0) is 4.79 Å². The molecule has 1 aliphatic rings. The van der Waals surface area contributed by atoms with Gasteiger partial charge in [0, 0.05) is 19.0 Å². The van der Waals surface area contributed by atoms with Gasteiger partial charge in [0.2, 0.25) is 5.91 Å². The van der Waals surface area contributed by atoms with Gasteiger partial charge in [-0.15, -0.1) is 0 Å². The first-order chi connectivity index (χ1) is 12.5. The van der Waals surface area contributed by atoms with Gasteiger partial charge in [-0.1, -0.05) is 31.4 Å². The van der Waals surface area contributed by atoms with E-state index in [1.54, 1.807) is 12.1 Å². The lowest BCUT2D eigenvalue weighted by Gasteiger charge is -2.22. The predicted octanol–water partition coefficient (Wildman–Crippen LogP) is 3.64. The number of carbonyl (C=O) groups is 2. The highest BCUT2D eigenvalue weighted by molar-refractivity contribution is 5.92. The Hall–Kier alpha value is -2.38. The quantitative estimate of drug-likeness (QED) is 0.612. The van der Waals surface area contributed by atoms with Crippen LogP contribution in [0.15, 0.2) is 24.3 Å². The molecule has 0 atom stereocenters. The summed E-state index contributed by atoms with van der Waals surface area (Å²) in [6.07, 6.45) is 6.13. The Balaban J connectivity index is 1.65. The molecule has 3 N–H and O–H groups in total. The average Bonchev–Trinajstić information content (AvgIpc) is 2.61. The molecule has 0 radical (unpaired) electrons. The zero-order valence-corrected chi connectivity index (χ0v) is 14.6. The lowest BCUT2D eigenvalue weighted by Crippen LogP contribution is -2.43. The van der Waals surface area contributed by atoms with Crippen LogP contribution in [0.3, 0.4) is 0 Å². The van der Waals surface area contributed by atoms with Crippen LogP contribution in [0.5, 0.6) is 5.75 Å². The Bertz CT molecular complexity index is 593. The fourth-order valence-corrected chi connectivity index (χ4v) is 2.92. The molecule has 0 aliphatic heterocycles. The van der Waals surface area contributed by atoms with Crippen molar-refractivity contribution in [1.29, 1.82) is 0 Å². The van der Waals surface area contributed by atoms with E-state index in [4.69, 9.17) is 0 Å². The number of amides is 3. The molecule has 0 heterocycles. The minimum Gasteiger partial charge on any atom is -0.433 e. The average molecular weight is 369 g/mol. The zero-order chi connectivity index (χ0) is 18.8. The largest absolute Gasteiger partial charge is 0.433 e. The van der Waals surface area contributed by atoms with Crippen LogP contribution in [0.4, 0.5) is 19.3 Å². The van der Waals surface area contributed by atoms with Crippen LogP contribution in [0.1, 0.15) is 44.9 Å². The van der Waals surface area contributed by atoms with Gasteiger partial charge in [0.1, 0.15) is 5.75 Å². The van der Waals surface area contributed by atoms with Gasteiger partial charge < -0.3 is 20.7 Å². The molecule has 26 heavy (non-hydrogen) atoms. The third kappa shape index (κ3) is 7.25. The molecule has 8 heteroatoms. The van der Waals surface area contributed by atoms with E-state index < -0.39 is 6.61 Å². The van der Waals surface area contributed by atoms with Gasteiger partial charge in [0.25, 0.3) is 0 Å². The van der Waals surface area contributed by atoms with Crippen LogP contribution in [0, 0.1) is 0 Å². The van der Waals surface area contributed by atoms with Crippen molar-refractivity contribution in [1.82, 2.24) is 10.6 Å². The maximum absolute atomic E-state index is 12.3.